The molecule has 0 bridgehead atoms. The van der Waals surface area contributed by atoms with Crippen LogP contribution in [0.5, 0.6) is 0 Å². The van der Waals surface area contributed by atoms with E-state index in [-0.39, 0.29) is 11.6 Å². The number of rotatable bonds is 3. The second kappa shape index (κ2) is 5.71. The van der Waals surface area contributed by atoms with Crippen molar-refractivity contribution < 1.29 is 9.18 Å². The van der Waals surface area contributed by atoms with Gasteiger partial charge in [0.2, 0.25) is 0 Å². The summed E-state index contributed by atoms with van der Waals surface area (Å²) in [5, 5.41) is 1.97. The monoisotopic (exact) mass is 342 g/mol. The molecule has 3 nitrogen and oxygen atoms in total. The lowest BCUT2D eigenvalue weighted by molar-refractivity contribution is 0.0786. The number of hydrogen-bond acceptors (Lipinski definition) is 3. The van der Waals surface area contributed by atoms with E-state index in [0.29, 0.717) is 12.1 Å². The van der Waals surface area contributed by atoms with Crippen LogP contribution in [0.15, 0.2) is 33.4 Å². The highest BCUT2D eigenvalue weighted by atomic mass is 79.9. The van der Waals surface area contributed by atoms with Crippen molar-refractivity contribution in [3.8, 4) is 0 Å². The number of thiophene rings is 1. The van der Waals surface area contributed by atoms with E-state index >= 15 is 0 Å². The molecule has 0 saturated heterocycles. The number of halogens is 2. The van der Waals surface area contributed by atoms with E-state index in [1.807, 2.05) is 11.4 Å². The SMILES string of the molecule is CN(Cc1csc(Br)c1)C(=O)c1ccc(F)cc1N. The first-order valence-corrected chi connectivity index (χ1v) is 7.18. The van der Waals surface area contributed by atoms with Crippen molar-refractivity contribution in [1.29, 1.82) is 0 Å². The third kappa shape index (κ3) is 3.33. The molecule has 0 atom stereocenters. The number of anilines is 1. The molecule has 2 N–H and O–H groups in total. The Bertz CT molecular complexity index is 614. The third-order valence-electron chi connectivity index (χ3n) is 2.63. The topological polar surface area (TPSA) is 46.3 Å². The summed E-state index contributed by atoms with van der Waals surface area (Å²) >= 11 is 4.94. The highest BCUT2D eigenvalue weighted by Crippen LogP contribution is 2.22. The van der Waals surface area contributed by atoms with Crippen molar-refractivity contribution in [2.24, 2.45) is 0 Å². The van der Waals surface area contributed by atoms with Crippen LogP contribution in [0.25, 0.3) is 0 Å². The highest BCUT2D eigenvalue weighted by molar-refractivity contribution is 9.11. The minimum Gasteiger partial charge on any atom is -0.398 e. The van der Waals surface area contributed by atoms with Crippen LogP contribution in [0, 0.1) is 5.82 Å². The molecule has 100 valence electrons. The van der Waals surface area contributed by atoms with Gasteiger partial charge in [-0.1, -0.05) is 0 Å². The molecule has 0 aliphatic rings. The number of carbonyl (C=O) groups excluding carboxylic acids is 1. The van der Waals surface area contributed by atoms with Crippen molar-refractivity contribution in [2.75, 3.05) is 12.8 Å². The molecule has 0 aliphatic heterocycles. The Morgan fingerprint density at radius 3 is 2.79 bits per heavy atom. The van der Waals surface area contributed by atoms with Gasteiger partial charge < -0.3 is 10.6 Å². The van der Waals surface area contributed by atoms with E-state index in [1.165, 1.54) is 12.1 Å². The van der Waals surface area contributed by atoms with Crippen LogP contribution < -0.4 is 5.73 Å². The largest absolute Gasteiger partial charge is 0.398 e. The van der Waals surface area contributed by atoms with Gasteiger partial charge in [-0.15, -0.1) is 11.3 Å². The predicted molar refractivity (Wildman–Crippen MR) is 78.6 cm³/mol. The normalized spacial score (nSPS) is 10.5. The predicted octanol–water partition coefficient (Wildman–Crippen LogP) is 3.50. The number of nitrogens with zero attached hydrogens (tertiary/aromatic N) is 1. The Balaban J connectivity index is 2.14. The molecule has 2 aromatic rings. The molecule has 0 saturated carbocycles. The van der Waals surface area contributed by atoms with Gasteiger partial charge in [-0.2, -0.15) is 0 Å². The Kier molecular flexibility index (Phi) is 4.21. The molecule has 6 heteroatoms. The average molecular weight is 343 g/mol. The molecular formula is C13H12BrFN2OS. The minimum atomic E-state index is -0.446. The first-order valence-electron chi connectivity index (χ1n) is 5.51. The van der Waals surface area contributed by atoms with Gasteiger partial charge in [-0.3, -0.25) is 4.79 Å². The molecule has 0 spiro atoms. The Hall–Kier alpha value is -1.40. The van der Waals surface area contributed by atoms with Crippen LogP contribution in [0.1, 0.15) is 15.9 Å². The van der Waals surface area contributed by atoms with Gasteiger partial charge in [0.25, 0.3) is 5.91 Å². The molecular weight excluding hydrogens is 331 g/mol. The summed E-state index contributed by atoms with van der Waals surface area (Å²) in [6.07, 6.45) is 0. The van der Waals surface area contributed by atoms with Gasteiger partial charge in [0.1, 0.15) is 5.82 Å². The first kappa shape index (κ1) is 14.0. The van der Waals surface area contributed by atoms with E-state index < -0.39 is 5.82 Å². The van der Waals surface area contributed by atoms with Crippen LogP contribution in [0.3, 0.4) is 0 Å². The summed E-state index contributed by atoms with van der Waals surface area (Å²) in [6, 6.07) is 5.76. The van der Waals surface area contributed by atoms with Crippen molar-refractivity contribution in [3.05, 3.63) is 50.4 Å². The van der Waals surface area contributed by atoms with Crippen molar-refractivity contribution >= 4 is 38.9 Å². The standard InChI is InChI=1S/C13H12BrFN2OS/c1-17(6-8-4-12(14)19-7-8)13(18)10-3-2-9(15)5-11(10)16/h2-5,7H,6,16H2,1H3. The van der Waals surface area contributed by atoms with Gasteiger partial charge >= 0.3 is 0 Å². The molecule has 1 aromatic heterocycles. The fourth-order valence-electron chi connectivity index (χ4n) is 1.71. The second-order valence-electron chi connectivity index (χ2n) is 4.15. The maximum absolute atomic E-state index is 13.0. The van der Waals surface area contributed by atoms with Gasteiger partial charge in [0.15, 0.2) is 0 Å². The summed E-state index contributed by atoms with van der Waals surface area (Å²) in [5.41, 5.74) is 7.17. The average Bonchev–Trinajstić information content (AvgIpc) is 2.74. The van der Waals surface area contributed by atoms with Gasteiger partial charge in [0, 0.05) is 19.3 Å². The van der Waals surface area contributed by atoms with Crippen LogP contribution in [-0.2, 0) is 6.54 Å². The zero-order valence-corrected chi connectivity index (χ0v) is 12.6. The minimum absolute atomic E-state index is 0.156. The van der Waals surface area contributed by atoms with Crippen LogP contribution >= 0.6 is 27.3 Å². The molecule has 1 heterocycles. The molecule has 0 aliphatic carbocycles. The lowest BCUT2D eigenvalue weighted by Crippen LogP contribution is -2.26. The zero-order valence-electron chi connectivity index (χ0n) is 10.2. The smallest absolute Gasteiger partial charge is 0.255 e. The summed E-state index contributed by atoms with van der Waals surface area (Å²) in [4.78, 5) is 13.8. The number of benzene rings is 1. The molecule has 1 amide bonds. The van der Waals surface area contributed by atoms with Crippen molar-refractivity contribution in [1.82, 2.24) is 4.90 Å². The molecule has 0 radical (unpaired) electrons. The maximum Gasteiger partial charge on any atom is 0.255 e. The van der Waals surface area contributed by atoms with Gasteiger partial charge in [-0.25, -0.2) is 4.39 Å². The third-order valence-corrected chi connectivity index (χ3v) is 4.19. The first-order chi connectivity index (χ1) is 8.97. The van der Waals surface area contributed by atoms with E-state index in [9.17, 15) is 9.18 Å². The Labute approximate surface area is 123 Å². The quantitative estimate of drug-likeness (QED) is 0.867. The summed E-state index contributed by atoms with van der Waals surface area (Å²) in [6.45, 7) is 0.484. The molecule has 2 rings (SSSR count). The van der Waals surface area contributed by atoms with Crippen molar-refractivity contribution in [3.63, 3.8) is 0 Å². The Morgan fingerprint density at radius 1 is 1.47 bits per heavy atom. The summed E-state index contributed by atoms with van der Waals surface area (Å²) in [5.74, 6) is -0.668. The van der Waals surface area contributed by atoms with E-state index in [1.54, 1.807) is 23.3 Å². The zero-order chi connectivity index (χ0) is 14.0. The second-order valence-corrected chi connectivity index (χ2v) is 6.44. The molecule has 0 fully saturated rings. The van der Waals surface area contributed by atoms with Gasteiger partial charge in [-0.05, 0) is 51.1 Å². The lowest BCUT2D eigenvalue weighted by Gasteiger charge is -2.17. The maximum atomic E-state index is 13.0. The van der Waals surface area contributed by atoms with Crippen LogP contribution in [0.4, 0.5) is 10.1 Å². The molecule has 1 aromatic carbocycles. The fraction of sp³-hybridized carbons (Fsp3) is 0.154. The molecule has 0 unspecified atom stereocenters. The Morgan fingerprint density at radius 2 is 2.21 bits per heavy atom. The number of amides is 1. The van der Waals surface area contributed by atoms with E-state index in [2.05, 4.69) is 15.9 Å². The number of hydrogen-bond donors (Lipinski definition) is 1. The number of nitrogen functional groups attached to an aromatic ring is 1. The lowest BCUT2D eigenvalue weighted by atomic mass is 10.1. The van der Waals surface area contributed by atoms with Crippen LogP contribution in [0.2, 0.25) is 0 Å². The highest BCUT2D eigenvalue weighted by Gasteiger charge is 2.15. The molecule has 19 heavy (non-hydrogen) atoms. The number of nitrogens with two attached hydrogens (primary N) is 1. The summed E-state index contributed by atoms with van der Waals surface area (Å²) < 4.78 is 14.0. The van der Waals surface area contributed by atoms with Gasteiger partial charge in [0.05, 0.1) is 9.35 Å². The fourth-order valence-corrected chi connectivity index (χ4v) is 2.91. The van der Waals surface area contributed by atoms with Crippen molar-refractivity contribution in [2.45, 2.75) is 6.54 Å². The summed E-state index contributed by atoms with van der Waals surface area (Å²) in [7, 11) is 1.69. The van der Waals surface area contributed by atoms with E-state index in [0.717, 1.165) is 15.4 Å². The van der Waals surface area contributed by atoms with Crippen LogP contribution in [-0.4, -0.2) is 17.9 Å². The number of carbonyl (C=O) groups is 1. The van der Waals surface area contributed by atoms with E-state index in [4.69, 9.17) is 5.73 Å².